The third kappa shape index (κ3) is 40.9. The first-order valence-electron chi connectivity index (χ1n) is 23.4. The molecule has 3 atom stereocenters. The third-order valence-electron chi connectivity index (χ3n) is 10.4. The molecule has 0 fully saturated rings. The molecule has 0 aromatic carbocycles. The van der Waals surface area contributed by atoms with Gasteiger partial charge in [0.1, 0.15) is 13.2 Å². The second-order valence-electron chi connectivity index (χ2n) is 17.1. The van der Waals surface area contributed by atoms with Crippen LogP contribution in [-0.2, 0) is 18.4 Å². The van der Waals surface area contributed by atoms with Gasteiger partial charge in [0, 0.05) is 6.42 Å². The normalized spacial score (nSPS) is 14.6. The largest absolute Gasteiger partial charge is 0.472 e. The lowest BCUT2D eigenvalue weighted by Crippen LogP contribution is -2.46. The van der Waals surface area contributed by atoms with Crippen LogP contribution in [0.3, 0.4) is 0 Å². The van der Waals surface area contributed by atoms with Crippen LogP contribution in [0.4, 0.5) is 0 Å². The molecule has 0 spiro atoms. The number of carbonyl (C=O) groups is 1. The van der Waals surface area contributed by atoms with Crippen molar-refractivity contribution in [3.05, 3.63) is 36.5 Å². The van der Waals surface area contributed by atoms with E-state index < -0.39 is 20.0 Å². The van der Waals surface area contributed by atoms with E-state index in [0.717, 1.165) is 57.8 Å². The van der Waals surface area contributed by atoms with Crippen LogP contribution in [0.15, 0.2) is 36.5 Å². The van der Waals surface area contributed by atoms with E-state index in [9.17, 15) is 19.4 Å². The summed E-state index contributed by atoms with van der Waals surface area (Å²) < 4.78 is 23.6. The minimum atomic E-state index is -4.31. The predicted molar refractivity (Wildman–Crippen MR) is 240 cm³/mol. The van der Waals surface area contributed by atoms with Crippen molar-refractivity contribution in [2.45, 2.75) is 219 Å². The summed E-state index contributed by atoms with van der Waals surface area (Å²) in [4.78, 5) is 23.1. The zero-order valence-corrected chi connectivity index (χ0v) is 38.3. The van der Waals surface area contributed by atoms with Gasteiger partial charge in [0.2, 0.25) is 5.91 Å². The number of rotatable bonds is 42. The van der Waals surface area contributed by atoms with Crippen LogP contribution in [0.1, 0.15) is 206 Å². The molecule has 9 heteroatoms. The molecule has 0 aliphatic carbocycles. The Morgan fingerprint density at radius 3 is 1.48 bits per heavy atom. The Morgan fingerprint density at radius 2 is 1.02 bits per heavy atom. The Labute approximate surface area is 347 Å². The molecule has 0 saturated heterocycles. The van der Waals surface area contributed by atoms with Crippen molar-refractivity contribution in [3.8, 4) is 0 Å². The highest BCUT2D eigenvalue weighted by Gasteiger charge is 2.28. The molecule has 0 aliphatic heterocycles. The maximum absolute atomic E-state index is 12.9. The van der Waals surface area contributed by atoms with Crippen molar-refractivity contribution in [1.82, 2.24) is 5.32 Å². The number of carbonyl (C=O) groups excluding carboxylic acids is 1. The van der Waals surface area contributed by atoms with Gasteiger partial charge in [-0.1, -0.05) is 185 Å². The van der Waals surface area contributed by atoms with E-state index in [-0.39, 0.29) is 19.1 Å². The van der Waals surface area contributed by atoms with Crippen LogP contribution >= 0.6 is 7.82 Å². The zero-order valence-electron chi connectivity index (χ0n) is 37.4. The average molecular weight is 812 g/mol. The van der Waals surface area contributed by atoms with Crippen molar-refractivity contribution < 1.29 is 32.9 Å². The molecule has 3 unspecified atom stereocenters. The van der Waals surface area contributed by atoms with Gasteiger partial charge in [0.05, 0.1) is 39.9 Å². The van der Waals surface area contributed by atoms with Gasteiger partial charge in [0.15, 0.2) is 0 Å². The van der Waals surface area contributed by atoms with E-state index >= 15 is 0 Å². The summed E-state index contributed by atoms with van der Waals surface area (Å²) in [5.41, 5.74) is 0. The molecule has 0 aromatic heterocycles. The van der Waals surface area contributed by atoms with Crippen molar-refractivity contribution in [2.24, 2.45) is 0 Å². The summed E-state index contributed by atoms with van der Waals surface area (Å²) >= 11 is 0. The van der Waals surface area contributed by atoms with Gasteiger partial charge in [-0.25, -0.2) is 4.57 Å². The molecule has 0 rings (SSSR count). The van der Waals surface area contributed by atoms with E-state index in [4.69, 9.17) is 9.05 Å². The molecule has 0 aliphatic rings. The summed E-state index contributed by atoms with van der Waals surface area (Å²) in [6, 6.07) is -0.763. The maximum Gasteiger partial charge on any atom is 0.472 e. The lowest BCUT2D eigenvalue weighted by Gasteiger charge is -2.26. The summed E-state index contributed by atoms with van der Waals surface area (Å²) in [7, 11) is 1.61. The summed E-state index contributed by atoms with van der Waals surface area (Å²) in [5.74, 6) is -0.154. The van der Waals surface area contributed by atoms with Gasteiger partial charge in [-0.2, -0.15) is 0 Å². The second kappa shape index (κ2) is 39.2. The summed E-state index contributed by atoms with van der Waals surface area (Å²) in [5, 5.41) is 13.9. The molecular weight excluding hydrogens is 719 g/mol. The first-order chi connectivity index (χ1) is 27.0. The number of phosphoric ester groups is 1. The van der Waals surface area contributed by atoms with Crippen molar-refractivity contribution >= 4 is 13.7 Å². The first-order valence-corrected chi connectivity index (χ1v) is 24.8. The number of phosphoric acid groups is 1. The van der Waals surface area contributed by atoms with E-state index in [2.05, 4.69) is 55.6 Å². The Morgan fingerprint density at radius 1 is 0.607 bits per heavy atom. The van der Waals surface area contributed by atoms with E-state index in [1.807, 2.05) is 21.1 Å². The molecule has 0 bridgehead atoms. The molecule has 0 saturated carbocycles. The summed E-state index contributed by atoms with van der Waals surface area (Å²) in [6.07, 6.45) is 47.4. The highest BCUT2D eigenvalue weighted by atomic mass is 31.2. The molecule has 8 nitrogen and oxygen atoms in total. The molecule has 56 heavy (non-hydrogen) atoms. The number of aliphatic hydroxyl groups is 1. The fraction of sp³-hybridized carbons (Fsp3) is 0.851. The smallest absolute Gasteiger partial charge is 0.391 e. The number of allylic oxidation sites excluding steroid dienone is 6. The number of likely N-dealkylation sites (N-methyl/N-ethyl adjacent to an activating group) is 1. The number of nitrogens with one attached hydrogen (secondary N) is 1. The van der Waals surface area contributed by atoms with Crippen LogP contribution in [0.5, 0.6) is 0 Å². The topological polar surface area (TPSA) is 105 Å². The van der Waals surface area contributed by atoms with E-state index in [1.54, 1.807) is 0 Å². The molecule has 330 valence electrons. The standard InChI is InChI=1S/C47H91N2O6P/c1-6-8-10-12-14-16-18-19-20-21-22-23-24-25-26-27-28-29-31-33-35-37-39-41-47(51)48-45(44-55-56(52,53)54-43-42-49(3,4)5)46(50)40-38-36-34-32-30-17-15-13-11-9-7-2/h18-19,21-22,24-25,45-46,50H,6-17,20,23,26-44H2,1-5H3,(H-,48,51,52,53)/p+1/b19-18-,22-21-,25-24-. The number of amides is 1. The molecule has 0 heterocycles. The van der Waals surface area contributed by atoms with Crippen LogP contribution in [-0.4, -0.2) is 73.4 Å². The van der Waals surface area contributed by atoms with Gasteiger partial charge in [-0.15, -0.1) is 0 Å². The van der Waals surface area contributed by atoms with Gasteiger partial charge < -0.3 is 19.8 Å². The molecule has 1 amide bonds. The Kier molecular flexibility index (Phi) is 38.3. The van der Waals surface area contributed by atoms with E-state index in [0.29, 0.717) is 23.9 Å². The minimum absolute atomic E-state index is 0.0724. The molecule has 3 N–H and O–H groups in total. The highest BCUT2D eigenvalue weighted by Crippen LogP contribution is 2.43. The highest BCUT2D eigenvalue weighted by molar-refractivity contribution is 7.47. The minimum Gasteiger partial charge on any atom is -0.391 e. The molecular formula is C47H92N2O6P+. The van der Waals surface area contributed by atoms with Crippen LogP contribution in [0, 0.1) is 0 Å². The zero-order chi connectivity index (χ0) is 41.4. The predicted octanol–water partition coefficient (Wildman–Crippen LogP) is 13.1. The van der Waals surface area contributed by atoms with Gasteiger partial charge in [-0.05, 0) is 51.4 Å². The monoisotopic (exact) mass is 812 g/mol. The maximum atomic E-state index is 12.9. The Balaban J connectivity index is 4.26. The number of hydrogen-bond acceptors (Lipinski definition) is 5. The van der Waals surface area contributed by atoms with Gasteiger partial charge in [-0.3, -0.25) is 13.8 Å². The Hall–Kier alpha value is -1.28. The number of aliphatic hydroxyl groups excluding tert-OH is 1. The Bertz CT molecular complexity index is 1010. The van der Waals surface area contributed by atoms with Crippen molar-refractivity contribution in [3.63, 3.8) is 0 Å². The summed E-state index contributed by atoms with van der Waals surface area (Å²) in [6.45, 7) is 4.86. The first kappa shape index (κ1) is 54.7. The lowest BCUT2D eigenvalue weighted by atomic mass is 10.0. The SMILES string of the molecule is CCCCCCC/C=C\C/C=C\C/C=C\CCCCCCCCCCC(=O)NC(COP(=O)(O)OCC[N+](C)(C)C)C(O)CCCCCCCCCCCCC. The average Bonchev–Trinajstić information content (AvgIpc) is 3.15. The number of quaternary nitrogens is 1. The number of unbranched alkanes of at least 4 members (excludes halogenated alkanes) is 23. The van der Waals surface area contributed by atoms with Gasteiger partial charge >= 0.3 is 7.82 Å². The van der Waals surface area contributed by atoms with Crippen LogP contribution in [0.25, 0.3) is 0 Å². The van der Waals surface area contributed by atoms with E-state index in [1.165, 1.54) is 122 Å². The van der Waals surface area contributed by atoms with Crippen molar-refractivity contribution in [1.29, 1.82) is 0 Å². The van der Waals surface area contributed by atoms with Crippen molar-refractivity contribution in [2.75, 3.05) is 40.9 Å². The second-order valence-corrected chi connectivity index (χ2v) is 18.6. The van der Waals surface area contributed by atoms with Crippen LogP contribution < -0.4 is 5.32 Å². The molecule has 0 aromatic rings. The van der Waals surface area contributed by atoms with Gasteiger partial charge in [0.25, 0.3) is 0 Å². The fourth-order valence-electron chi connectivity index (χ4n) is 6.64. The lowest BCUT2D eigenvalue weighted by molar-refractivity contribution is -0.870. The third-order valence-corrected chi connectivity index (χ3v) is 11.4. The van der Waals surface area contributed by atoms with Crippen LogP contribution in [0.2, 0.25) is 0 Å². The number of nitrogens with zero attached hydrogens (tertiary/aromatic N) is 1. The quantitative estimate of drug-likeness (QED) is 0.0245. The molecule has 0 radical (unpaired) electrons. The number of hydrogen-bond donors (Lipinski definition) is 3. The fourth-order valence-corrected chi connectivity index (χ4v) is 7.38.